The van der Waals surface area contributed by atoms with Crippen molar-refractivity contribution in [3.8, 4) is 5.75 Å². The van der Waals surface area contributed by atoms with Crippen molar-refractivity contribution in [1.29, 1.82) is 0 Å². The lowest BCUT2D eigenvalue weighted by atomic mass is 10.0. The molecule has 0 atom stereocenters. The molecule has 0 spiro atoms. The third kappa shape index (κ3) is 7.14. The van der Waals surface area contributed by atoms with Crippen molar-refractivity contribution in [3.05, 3.63) is 65.0 Å². The molecule has 32 heavy (non-hydrogen) atoms. The fraction of sp³-hybridized carbons (Fsp3) is 0.519. The highest BCUT2D eigenvalue weighted by atomic mass is 19.1. The van der Waals surface area contributed by atoms with E-state index in [1.807, 2.05) is 6.07 Å². The van der Waals surface area contributed by atoms with Gasteiger partial charge in [0.25, 0.3) is 0 Å². The normalized spacial score (nSPS) is 18.5. The molecule has 0 aromatic heterocycles. The van der Waals surface area contributed by atoms with Gasteiger partial charge in [-0.1, -0.05) is 64.2 Å². The SMILES string of the molecule is CCCCCc1ccc(OC(=O)c2ccc(C3OCC(CCCCC)CO3)cc2)c(F)c1. The number of rotatable bonds is 11. The molecule has 0 unspecified atom stereocenters. The Morgan fingerprint density at radius 2 is 1.66 bits per heavy atom. The first kappa shape index (κ1) is 24.4. The summed E-state index contributed by atoms with van der Waals surface area (Å²) >= 11 is 0. The van der Waals surface area contributed by atoms with Gasteiger partial charge in [0.1, 0.15) is 0 Å². The molecule has 4 nitrogen and oxygen atoms in total. The molecule has 2 aromatic rings. The van der Waals surface area contributed by atoms with E-state index in [0.717, 1.165) is 43.2 Å². The van der Waals surface area contributed by atoms with Gasteiger partial charge >= 0.3 is 5.97 Å². The number of hydrogen-bond donors (Lipinski definition) is 0. The van der Waals surface area contributed by atoms with E-state index in [0.29, 0.717) is 24.7 Å². The molecule has 1 aliphatic heterocycles. The van der Waals surface area contributed by atoms with Crippen LogP contribution in [0.3, 0.4) is 0 Å². The Hall–Kier alpha value is -2.24. The van der Waals surface area contributed by atoms with Gasteiger partial charge in [0.15, 0.2) is 17.9 Å². The largest absolute Gasteiger partial charge is 0.420 e. The molecule has 5 heteroatoms. The van der Waals surface area contributed by atoms with Crippen LogP contribution in [0.5, 0.6) is 5.75 Å². The summed E-state index contributed by atoms with van der Waals surface area (Å²) in [5, 5.41) is 0. The highest BCUT2D eigenvalue weighted by Gasteiger charge is 2.23. The van der Waals surface area contributed by atoms with Gasteiger partial charge in [0.2, 0.25) is 0 Å². The zero-order valence-electron chi connectivity index (χ0n) is 19.3. The van der Waals surface area contributed by atoms with Crippen molar-refractivity contribution in [1.82, 2.24) is 0 Å². The van der Waals surface area contributed by atoms with Crippen molar-refractivity contribution < 1.29 is 23.4 Å². The molecular weight excluding hydrogens is 407 g/mol. The second-order valence-corrected chi connectivity index (χ2v) is 8.59. The summed E-state index contributed by atoms with van der Waals surface area (Å²) in [7, 11) is 0. The minimum Gasteiger partial charge on any atom is -0.420 e. The molecule has 1 heterocycles. The third-order valence-corrected chi connectivity index (χ3v) is 5.87. The van der Waals surface area contributed by atoms with E-state index in [4.69, 9.17) is 14.2 Å². The van der Waals surface area contributed by atoms with Crippen LogP contribution >= 0.6 is 0 Å². The molecule has 0 N–H and O–H groups in total. The number of halogens is 1. The first-order chi connectivity index (χ1) is 15.6. The van der Waals surface area contributed by atoms with Crippen LogP contribution in [0.2, 0.25) is 0 Å². The van der Waals surface area contributed by atoms with Gasteiger partial charge in [-0.05, 0) is 49.1 Å². The molecule has 2 aromatic carbocycles. The number of ether oxygens (including phenoxy) is 3. The van der Waals surface area contributed by atoms with Gasteiger partial charge < -0.3 is 14.2 Å². The summed E-state index contributed by atoms with van der Waals surface area (Å²) in [5.74, 6) is -0.705. The van der Waals surface area contributed by atoms with Gasteiger partial charge in [-0.25, -0.2) is 9.18 Å². The molecule has 0 aliphatic carbocycles. The van der Waals surface area contributed by atoms with Crippen molar-refractivity contribution in [2.75, 3.05) is 13.2 Å². The first-order valence-corrected chi connectivity index (χ1v) is 11.9. The van der Waals surface area contributed by atoms with Crippen LogP contribution in [0, 0.1) is 11.7 Å². The molecule has 3 rings (SSSR count). The van der Waals surface area contributed by atoms with Crippen molar-refractivity contribution in [2.45, 2.75) is 71.5 Å². The molecule has 0 bridgehead atoms. The average molecular weight is 443 g/mol. The van der Waals surface area contributed by atoms with Crippen LogP contribution < -0.4 is 4.74 Å². The minimum absolute atomic E-state index is 0.0496. The maximum atomic E-state index is 14.4. The predicted octanol–water partition coefficient (Wildman–Crippen LogP) is 7.02. The number of unbranched alkanes of at least 4 members (excludes halogenated alkanes) is 4. The number of carbonyl (C=O) groups excluding carboxylic acids is 1. The second kappa shape index (κ2) is 12.7. The maximum absolute atomic E-state index is 14.4. The van der Waals surface area contributed by atoms with E-state index in [1.54, 1.807) is 24.3 Å². The van der Waals surface area contributed by atoms with Gasteiger partial charge in [-0.3, -0.25) is 0 Å². The standard InChI is InChI=1S/C27H35FO4/c1-3-5-7-9-20-11-16-25(24(28)17-20)32-26(29)22-12-14-23(15-13-22)27-30-18-21(19-31-27)10-8-6-4-2/h11-17,21,27H,3-10,18-19H2,1-2H3. The predicted molar refractivity (Wildman–Crippen MR) is 123 cm³/mol. The average Bonchev–Trinajstić information content (AvgIpc) is 2.82. The summed E-state index contributed by atoms with van der Waals surface area (Å²) in [4.78, 5) is 12.5. The van der Waals surface area contributed by atoms with Crippen molar-refractivity contribution in [2.24, 2.45) is 5.92 Å². The van der Waals surface area contributed by atoms with Gasteiger partial charge in [0, 0.05) is 11.5 Å². The van der Waals surface area contributed by atoms with Gasteiger partial charge in [-0.2, -0.15) is 0 Å². The van der Waals surface area contributed by atoms with Crippen LogP contribution in [0.1, 0.15) is 86.6 Å². The topological polar surface area (TPSA) is 44.8 Å². The Morgan fingerprint density at radius 1 is 0.969 bits per heavy atom. The zero-order valence-corrected chi connectivity index (χ0v) is 19.3. The second-order valence-electron chi connectivity index (χ2n) is 8.59. The Labute approximate surface area is 191 Å². The number of aryl methyl sites for hydroxylation is 1. The molecule has 0 saturated carbocycles. The van der Waals surface area contributed by atoms with E-state index < -0.39 is 18.1 Å². The fourth-order valence-electron chi connectivity index (χ4n) is 3.88. The Kier molecular flexibility index (Phi) is 9.69. The van der Waals surface area contributed by atoms with E-state index >= 15 is 0 Å². The zero-order chi connectivity index (χ0) is 22.8. The Morgan fingerprint density at radius 3 is 2.31 bits per heavy atom. The van der Waals surface area contributed by atoms with E-state index in [2.05, 4.69) is 13.8 Å². The lowest BCUT2D eigenvalue weighted by Crippen LogP contribution is -2.27. The minimum atomic E-state index is -0.587. The number of esters is 1. The quantitative estimate of drug-likeness (QED) is 0.213. The maximum Gasteiger partial charge on any atom is 0.343 e. The van der Waals surface area contributed by atoms with Crippen molar-refractivity contribution in [3.63, 3.8) is 0 Å². The third-order valence-electron chi connectivity index (χ3n) is 5.87. The molecule has 0 amide bonds. The smallest absolute Gasteiger partial charge is 0.343 e. The molecule has 1 saturated heterocycles. The molecular formula is C27H35FO4. The van der Waals surface area contributed by atoms with Crippen LogP contribution in [0.4, 0.5) is 4.39 Å². The van der Waals surface area contributed by atoms with Crippen LogP contribution in [-0.2, 0) is 15.9 Å². The molecule has 1 fully saturated rings. The highest BCUT2D eigenvalue weighted by Crippen LogP contribution is 2.28. The molecule has 0 radical (unpaired) electrons. The van der Waals surface area contributed by atoms with Crippen LogP contribution in [-0.4, -0.2) is 19.2 Å². The molecule has 174 valence electrons. The molecule has 1 aliphatic rings. The number of benzene rings is 2. The van der Waals surface area contributed by atoms with Crippen LogP contribution in [0.15, 0.2) is 42.5 Å². The lowest BCUT2D eigenvalue weighted by Gasteiger charge is -2.29. The highest BCUT2D eigenvalue weighted by molar-refractivity contribution is 5.91. The first-order valence-electron chi connectivity index (χ1n) is 11.9. The van der Waals surface area contributed by atoms with Crippen molar-refractivity contribution >= 4 is 5.97 Å². The van der Waals surface area contributed by atoms with Crippen LogP contribution in [0.25, 0.3) is 0 Å². The summed E-state index contributed by atoms with van der Waals surface area (Å²) in [5.41, 5.74) is 2.13. The fourth-order valence-corrected chi connectivity index (χ4v) is 3.88. The number of hydrogen-bond acceptors (Lipinski definition) is 4. The monoisotopic (exact) mass is 442 g/mol. The Bertz CT molecular complexity index is 841. The lowest BCUT2D eigenvalue weighted by molar-refractivity contribution is -0.206. The summed E-state index contributed by atoms with van der Waals surface area (Å²) < 4.78 is 31.4. The van der Waals surface area contributed by atoms with E-state index in [-0.39, 0.29) is 5.75 Å². The van der Waals surface area contributed by atoms with E-state index in [9.17, 15) is 9.18 Å². The summed E-state index contributed by atoms with van der Waals surface area (Å²) in [6.07, 6.45) is 8.45. The summed E-state index contributed by atoms with van der Waals surface area (Å²) in [6, 6.07) is 11.7. The Balaban J connectivity index is 1.51. The number of carbonyl (C=O) groups is 1. The summed E-state index contributed by atoms with van der Waals surface area (Å²) in [6.45, 7) is 5.71. The van der Waals surface area contributed by atoms with Gasteiger partial charge in [-0.15, -0.1) is 0 Å². The van der Waals surface area contributed by atoms with E-state index in [1.165, 1.54) is 31.4 Å². The van der Waals surface area contributed by atoms with Gasteiger partial charge in [0.05, 0.1) is 18.8 Å².